The standard InChI is InChI=1S/C19H20Cl2N2O4S/c1-14-12-15(6-7-16(14)20)27-13-19(24)22-8-10-23(11-9-22)28(25,26)18-5-3-2-4-17(18)21/h2-7,12H,8-11,13H2,1H3. The zero-order chi connectivity index (χ0) is 20.3. The van der Waals surface area contributed by atoms with Crippen molar-refractivity contribution < 1.29 is 17.9 Å². The minimum absolute atomic E-state index is 0.0814. The van der Waals surface area contributed by atoms with Gasteiger partial charge in [0.2, 0.25) is 10.0 Å². The molecule has 1 aliphatic rings. The lowest BCUT2D eigenvalue weighted by Gasteiger charge is -2.34. The van der Waals surface area contributed by atoms with Gasteiger partial charge in [0, 0.05) is 31.2 Å². The SMILES string of the molecule is Cc1cc(OCC(=O)N2CCN(S(=O)(=O)c3ccccc3Cl)CC2)ccc1Cl. The minimum atomic E-state index is -3.69. The number of sulfonamides is 1. The Morgan fingerprint density at radius 2 is 1.71 bits per heavy atom. The summed E-state index contributed by atoms with van der Waals surface area (Å²) in [5, 5.41) is 0.821. The topological polar surface area (TPSA) is 66.9 Å². The van der Waals surface area contributed by atoms with Crippen LogP contribution < -0.4 is 4.74 Å². The maximum absolute atomic E-state index is 12.8. The van der Waals surface area contributed by atoms with Gasteiger partial charge in [0.25, 0.3) is 5.91 Å². The van der Waals surface area contributed by atoms with Crippen molar-refractivity contribution in [3.05, 3.63) is 58.1 Å². The highest BCUT2D eigenvalue weighted by molar-refractivity contribution is 7.89. The maximum atomic E-state index is 12.8. The Bertz CT molecular complexity index is 974. The van der Waals surface area contributed by atoms with Crippen molar-refractivity contribution in [3.63, 3.8) is 0 Å². The smallest absolute Gasteiger partial charge is 0.260 e. The second-order valence-electron chi connectivity index (χ2n) is 6.41. The van der Waals surface area contributed by atoms with E-state index < -0.39 is 10.0 Å². The van der Waals surface area contributed by atoms with Gasteiger partial charge in [-0.1, -0.05) is 35.3 Å². The highest BCUT2D eigenvalue weighted by atomic mass is 35.5. The molecule has 1 heterocycles. The molecule has 0 spiro atoms. The third-order valence-corrected chi connectivity index (χ3v) is 7.36. The molecule has 1 fully saturated rings. The molecule has 9 heteroatoms. The highest BCUT2D eigenvalue weighted by Crippen LogP contribution is 2.25. The normalized spacial score (nSPS) is 15.5. The summed E-state index contributed by atoms with van der Waals surface area (Å²) in [6.45, 7) is 2.75. The Hall–Kier alpha value is -1.80. The lowest BCUT2D eigenvalue weighted by Crippen LogP contribution is -2.51. The fourth-order valence-electron chi connectivity index (χ4n) is 2.91. The van der Waals surface area contributed by atoms with Crippen molar-refractivity contribution in [2.45, 2.75) is 11.8 Å². The highest BCUT2D eigenvalue weighted by Gasteiger charge is 2.31. The second kappa shape index (κ2) is 8.69. The van der Waals surface area contributed by atoms with Crippen LogP contribution in [0.1, 0.15) is 5.56 Å². The summed E-state index contributed by atoms with van der Waals surface area (Å²) in [6.07, 6.45) is 0. The number of ether oxygens (including phenoxy) is 1. The fraction of sp³-hybridized carbons (Fsp3) is 0.316. The largest absolute Gasteiger partial charge is 0.484 e. The van der Waals surface area contributed by atoms with E-state index in [1.54, 1.807) is 41.3 Å². The number of carbonyl (C=O) groups excluding carboxylic acids is 1. The van der Waals surface area contributed by atoms with Crippen molar-refractivity contribution in [2.75, 3.05) is 32.8 Å². The lowest BCUT2D eigenvalue weighted by molar-refractivity contribution is -0.134. The van der Waals surface area contributed by atoms with Crippen LogP contribution >= 0.6 is 23.2 Å². The molecule has 0 radical (unpaired) electrons. The molecule has 1 aliphatic heterocycles. The van der Waals surface area contributed by atoms with Gasteiger partial charge in [0.15, 0.2) is 6.61 Å². The van der Waals surface area contributed by atoms with Crippen molar-refractivity contribution in [2.24, 2.45) is 0 Å². The van der Waals surface area contributed by atoms with Crippen LogP contribution in [0.25, 0.3) is 0 Å². The Labute approximate surface area is 174 Å². The third kappa shape index (κ3) is 4.60. The van der Waals surface area contributed by atoms with E-state index in [4.69, 9.17) is 27.9 Å². The Balaban J connectivity index is 1.56. The van der Waals surface area contributed by atoms with Gasteiger partial charge in [-0.05, 0) is 42.8 Å². The predicted molar refractivity (Wildman–Crippen MR) is 108 cm³/mol. The number of piperazine rings is 1. The van der Waals surface area contributed by atoms with Crippen molar-refractivity contribution >= 4 is 39.1 Å². The molecule has 150 valence electrons. The molecule has 2 aromatic carbocycles. The molecule has 2 aromatic rings. The molecule has 1 amide bonds. The summed E-state index contributed by atoms with van der Waals surface area (Å²) in [5.74, 6) is 0.373. The molecule has 0 saturated carbocycles. The molecule has 0 N–H and O–H groups in total. The van der Waals surface area contributed by atoms with Crippen LogP contribution in [0, 0.1) is 6.92 Å². The van der Waals surface area contributed by atoms with E-state index in [1.165, 1.54) is 10.4 Å². The third-order valence-electron chi connectivity index (χ3n) is 4.54. The zero-order valence-corrected chi connectivity index (χ0v) is 17.6. The molecule has 6 nitrogen and oxygen atoms in total. The van der Waals surface area contributed by atoms with E-state index >= 15 is 0 Å². The monoisotopic (exact) mass is 442 g/mol. The van der Waals surface area contributed by atoms with Gasteiger partial charge >= 0.3 is 0 Å². The molecule has 0 unspecified atom stereocenters. The molecule has 3 rings (SSSR count). The first-order valence-corrected chi connectivity index (χ1v) is 10.9. The molecule has 0 atom stereocenters. The summed E-state index contributed by atoms with van der Waals surface area (Å²) in [7, 11) is -3.69. The first-order valence-electron chi connectivity index (χ1n) is 8.70. The summed E-state index contributed by atoms with van der Waals surface area (Å²) < 4.78 is 32.4. The van der Waals surface area contributed by atoms with Crippen LogP contribution in [0.4, 0.5) is 0 Å². The number of rotatable bonds is 5. The number of hydrogen-bond acceptors (Lipinski definition) is 4. The number of hydrogen-bond donors (Lipinski definition) is 0. The van der Waals surface area contributed by atoms with Crippen LogP contribution in [0.3, 0.4) is 0 Å². The summed E-state index contributed by atoms with van der Waals surface area (Å²) >= 11 is 12.0. The quantitative estimate of drug-likeness (QED) is 0.712. The average Bonchev–Trinajstić information content (AvgIpc) is 2.69. The van der Waals surface area contributed by atoms with Crippen LogP contribution in [-0.4, -0.2) is 56.3 Å². The van der Waals surface area contributed by atoms with Gasteiger partial charge < -0.3 is 9.64 Å². The van der Waals surface area contributed by atoms with E-state index in [9.17, 15) is 13.2 Å². The van der Waals surface area contributed by atoms with Crippen molar-refractivity contribution in [1.29, 1.82) is 0 Å². The van der Waals surface area contributed by atoms with E-state index in [2.05, 4.69) is 0 Å². The number of aryl methyl sites for hydroxylation is 1. The molecule has 0 bridgehead atoms. The van der Waals surface area contributed by atoms with Crippen LogP contribution in [-0.2, 0) is 14.8 Å². The summed E-state index contributed by atoms with van der Waals surface area (Å²) in [4.78, 5) is 14.1. The van der Waals surface area contributed by atoms with E-state index in [-0.39, 0.29) is 35.5 Å². The van der Waals surface area contributed by atoms with Crippen molar-refractivity contribution in [1.82, 2.24) is 9.21 Å². The molecule has 28 heavy (non-hydrogen) atoms. The number of halogens is 2. The average molecular weight is 443 g/mol. The molecule has 0 aliphatic carbocycles. The van der Waals surface area contributed by atoms with E-state index in [1.807, 2.05) is 6.92 Å². The van der Waals surface area contributed by atoms with E-state index in [0.29, 0.717) is 23.9 Å². The van der Waals surface area contributed by atoms with Gasteiger partial charge in [-0.25, -0.2) is 8.42 Å². The second-order valence-corrected chi connectivity index (χ2v) is 9.14. The van der Waals surface area contributed by atoms with Crippen molar-refractivity contribution in [3.8, 4) is 5.75 Å². The number of amides is 1. The van der Waals surface area contributed by atoms with Gasteiger partial charge in [-0.15, -0.1) is 0 Å². The number of carbonyl (C=O) groups is 1. The fourth-order valence-corrected chi connectivity index (χ4v) is 4.95. The predicted octanol–water partition coefficient (Wildman–Crippen LogP) is 3.21. The van der Waals surface area contributed by atoms with Crippen LogP contribution in [0.2, 0.25) is 10.0 Å². The van der Waals surface area contributed by atoms with Crippen LogP contribution in [0.5, 0.6) is 5.75 Å². The molecule has 0 aromatic heterocycles. The molecular formula is C19H20Cl2N2O4S. The molecular weight excluding hydrogens is 423 g/mol. The molecule has 1 saturated heterocycles. The first-order chi connectivity index (χ1) is 13.3. The first kappa shape index (κ1) is 20.9. The van der Waals surface area contributed by atoms with Gasteiger partial charge in [-0.3, -0.25) is 4.79 Å². The maximum Gasteiger partial charge on any atom is 0.260 e. The zero-order valence-electron chi connectivity index (χ0n) is 15.3. The Kier molecular flexibility index (Phi) is 6.50. The summed E-state index contributed by atoms with van der Waals surface area (Å²) in [5.41, 5.74) is 0.866. The van der Waals surface area contributed by atoms with Gasteiger partial charge in [0.1, 0.15) is 10.6 Å². The number of benzene rings is 2. The van der Waals surface area contributed by atoms with E-state index in [0.717, 1.165) is 5.56 Å². The number of nitrogens with zero attached hydrogens (tertiary/aromatic N) is 2. The Morgan fingerprint density at radius 3 is 2.36 bits per heavy atom. The lowest BCUT2D eigenvalue weighted by atomic mass is 10.2. The summed E-state index contributed by atoms with van der Waals surface area (Å²) in [6, 6.07) is 11.5. The van der Waals surface area contributed by atoms with Gasteiger partial charge in [0.05, 0.1) is 5.02 Å². The minimum Gasteiger partial charge on any atom is -0.484 e. The van der Waals surface area contributed by atoms with Gasteiger partial charge in [-0.2, -0.15) is 4.31 Å². The van der Waals surface area contributed by atoms with Crippen LogP contribution in [0.15, 0.2) is 47.4 Å². The Morgan fingerprint density at radius 1 is 1.04 bits per heavy atom.